The molecule has 1 amide bonds. The van der Waals surface area contributed by atoms with E-state index in [-0.39, 0.29) is 36.2 Å². The van der Waals surface area contributed by atoms with E-state index < -0.39 is 0 Å². The number of aliphatic hydroxyl groups is 2. The van der Waals surface area contributed by atoms with E-state index in [0.29, 0.717) is 18.4 Å². The monoisotopic (exact) mass is 519 g/mol. The van der Waals surface area contributed by atoms with Crippen molar-refractivity contribution in [3.05, 3.63) is 154 Å². The molecule has 2 heterocycles. The zero-order chi connectivity index (χ0) is 27.2. The Morgan fingerprint density at radius 3 is 2.18 bits per heavy atom. The highest BCUT2D eigenvalue weighted by Crippen LogP contribution is 2.31. The molecule has 0 aliphatic carbocycles. The quantitative estimate of drug-likeness (QED) is 0.228. The van der Waals surface area contributed by atoms with Crippen molar-refractivity contribution < 1.29 is 15.0 Å². The van der Waals surface area contributed by atoms with Gasteiger partial charge in [0.25, 0.3) is 11.5 Å². The number of carbonyl (C=O) groups excluding carboxylic acids is 1. The highest BCUT2D eigenvalue weighted by atomic mass is 16.3. The van der Waals surface area contributed by atoms with E-state index in [0.717, 1.165) is 27.6 Å². The van der Waals surface area contributed by atoms with Gasteiger partial charge < -0.3 is 24.7 Å². The topological polar surface area (TPSA) is 96.5 Å². The molecule has 0 saturated heterocycles. The molecule has 0 atom stereocenters. The average molecular weight is 520 g/mol. The minimum atomic E-state index is -0.254. The Balaban J connectivity index is 1.34. The van der Waals surface area contributed by atoms with Gasteiger partial charge in [-0.25, -0.2) is 0 Å². The fraction of sp³-hybridized carbons (Fsp3) is 0.125. The third-order valence-corrected chi connectivity index (χ3v) is 6.78. The van der Waals surface area contributed by atoms with E-state index in [1.165, 1.54) is 0 Å². The Bertz CT molecular complexity index is 1630. The van der Waals surface area contributed by atoms with Gasteiger partial charge in [-0.1, -0.05) is 72.8 Å². The highest BCUT2D eigenvalue weighted by Gasteiger charge is 2.18. The van der Waals surface area contributed by atoms with Crippen LogP contribution in [-0.4, -0.2) is 31.8 Å². The summed E-state index contributed by atoms with van der Waals surface area (Å²) in [7, 11) is 0. The molecule has 39 heavy (non-hydrogen) atoms. The van der Waals surface area contributed by atoms with Crippen LogP contribution in [0.3, 0.4) is 0 Å². The Morgan fingerprint density at radius 1 is 0.821 bits per heavy atom. The van der Waals surface area contributed by atoms with E-state index in [1.807, 2.05) is 54.7 Å². The Hall–Kier alpha value is -5.04. The van der Waals surface area contributed by atoms with Gasteiger partial charge in [0.1, 0.15) is 12.0 Å². The van der Waals surface area contributed by atoms with Gasteiger partial charge in [-0.3, -0.25) is 9.59 Å². The van der Waals surface area contributed by atoms with Crippen molar-refractivity contribution in [2.45, 2.75) is 19.0 Å². The molecule has 0 spiro atoms. The number of rotatable bonds is 9. The van der Waals surface area contributed by atoms with Crippen molar-refractivity contribution in [2.75, 3.05) is 6.54 Å². The molecule has 0 radical (unpaired) electrons. The van der Waals surface area contributed by atoms with E-state index >= 15 is 0 Å². The number of fused-ring (bicyclic) bond motifs is 1. The normalized spacial score (nSPS) is 11.7. The molecule has 0 unspecified atom stereocenters. The van der Waals surface area contributed by atoms with Crippen molar-refractivity contribution in [3.63, 3.8) is 0 Å². The van der Waals surface area contributed by atoms with Crippen molar-refractivity contribution in [1.29, 1.82) is 0 Å². The SMILES string of the molecule is O=C(NCCn1cc(C(c2ccccc2)c2ccccc2)ccc1=O)c1cccc2c1ccn2CC(O)=CO. The molecule has 0 aliphatic heterocycles. The standard InChI is InChI=1S/C32H29N3O4/c36-22-26(37)21-34-18-16-27-28(12-7-13-29(27)34)32(39)33-17-19-35-20-25(14-15-30(35)38)31(23-8-3-1-4-9-23)24-10-5-2-6-11-24/h1-16,18,20,22,31,36-37H,17,19,21H2,(H,33,39). The van der Waals surface area contributed by atoms with Gasteiger partial charge in [0, 0.05) is 53.9 Å². The van der Waals surface area contributed by atoms with Crippen LogP contribution in [0.25, 0.3) is 10.9 Å². The van der Waals surface area contributed by atoms with Crippen molar-refractivity contribution in [3.8, 4) is 0 Å². The molecule has 0 bridgehead atoms. The second kappa shape index (κ2) is 11.6. The molecule has 7 heteroatoms. The second-order valence-electron chi connectivity index (χ2n) is 9.31. The van der Waals surface area contributed by atoms with E-state index in [4.69, 9.17) is 5.11 Å². The van der Waals surface area contributed by atoms with Crippen LogP contribution in [0.15, 0.2) is 126 Å². The lowest BCUT2D eigenvalue weighted by molar-refractivity contribution is 0.0954. The maximum absolute atomic E-state index is 13.1. The van der Waals surface area contributed by atoms with Crippen LogP contribution < -0.4 is 10.9 Å². The fourth-order valence-corrected chi connectivity index (χ4v) is 4.92. The first-order chi connectivity index (χ1) is 19.0. The lowest BCUT2D eigenvalue weighted by Gasteiger charge is -2.20. The fourth-order valence-electron chi connectivity index (χ4n) is 4.92. The molecule has 7 nitrogen and oxygen atoms in total. The zero-order valence-electron chi connectivity index (χ0n) is 21.3. The number of aliphatic hydroxyl groups excluding tert-OH is 2. The molecule has 5 aromatic rings. The van der Waals surface area contributed by atoms with Crippen LogP contribution in [0.1, 0.15) is 33.0 Å². The number of amides is 1. The van der Waals surface area contributed by atoms with Gasteiger partial charge in [0.05, 0.1) is 6.54 Å². The molecule has 0 aliphatic rings. The highest BCUT2D eigenvalue weighted by molar-refractivity contribution is 6.06. The number of benzene rings is 3. The van der Waals surface area contributed by atoms with Crippen LogP contribution in [0.5, 0.6) is 0 Å². The van der Waals surface area contributed by atoms with Gasteiger partial charge in [-0.2, -0.15) is 0 Å². The molecule has 0 fully saturated rings. The molecule has 3 N–H and O–H groups in total. The number of aromatic nitrogens is 2. The number of hydrogen-bond donors (Lipinski definition) is 3. The number of carbonyl (C=O) groups is 1. The van der Waals surface area contributed by atoms with Gasteiger partial charge in [0.15, 0.2) is 0 Å². The summed E-state index contributed by atoms with van der Waals surface area (Å²) < 4.78 is 3.38. The summed E-state index contributed by atoms with van der Waals surface area (Å²) in [5, 5.41) is 22.4. The zero-order valence-corrected chi connectivity index (χ0v) is 21.3. The van der Waals surface area contributed by atoms with Crippen LogP contribution in [0, 0.1) is 0 Å². The van der Waals surface area contributed by atoms with E-state index in [2.05, 4.69) is 29.6 Å². The Morgan fingerprint density at radius 2 is 1.51 bits per heavy atom. The summed E-state index contributed by atoms with van der Waals surface area (Å²) in [6, 6.07) is 31.0. The van der Waals surface area contributed by atoms with E-state index in [1.54, 1.807) is 39.6 Å². The van der Waals surface area contributed by atoms with Crippen molar-refractivity contribution in [1.82, 2.24) is 14.5 Å². The number of allylic oxidation sites excluding steroid dienone is 1. The molecule has 3 aromatic carbocycles. The predicted octanol–water partition coefficient (Wildman–Crippen LogP) is 5.37. The average Bonchev–Trinajstić information content (AvgIpc) is 3.38. The third kappa shape index (κ3) is 5.62. The van der Waals surface area contributed by atoms with Crippen LogP contribution in [0.2, 0.25) is 0 Å². The summed E-state index contributed by atoms with van der Waals surface area (Å²) in [6.07, 6.45) is 4.28. The number of hydrogen-bond acceptors (Lipinski definition) is 4. The number of pyridine rings is 1. The Kier molecular flexibility index (Phi) is 7.59. The van der Waals surface area contributed by atoms with Gasteiger partial charge in [0.2, 0.25) is 0 Å². The van der Waals surface area contributed by atoms with Crippen LogP contribution in [-0.2, 0) is 13.1 Å². The molecule has 5 rings (SSSR count). The Labute approximate surface area is 225 Å². The molecule has 196 valence electrons. The molecular formula is C32H29N3O4. The lowest BCUT2D eigenvalue weighted by atomic mass is 9.86. The summed E-state index contributed by atoms with van der Waals surface area (Å²) in [4.78, 5) is 25.8. The summed E-state index contributed by atoms with van der Waals surface area (Å²) in [5.74, 6) is -0.469. The maximum Gasteiger partial charge on any atom is 0.252 e. The molecular weight excluding hydrogens is 490 g/mol. The third-order valence-electron chi connectivity index (χ3n) is 6.78. The first-order valence-electron chi connectivity index (χ1n) is 12.7. The summed E-state index contributed by atoms with van der Waals surface area (Å²) in [6.45, 7) is 0.687. The van der Waals surface area contributed by atoms with Gasteiger partial charge in [-0.15, -0.1) is 0 Å². The van der Waals surface area contributed by atoms with Crippen molar-refractivity contribution in [2.24, 2.45) is 0 Å². The summed E-state index contributed by atoms with van der Waals surface area (Å²) in [5.41, 5.74) is 4.37. The number of nitrogens with one attached hydrogen (secondary N) is 1. The first-order valence-corrected chi connectivity index (χ1v) is 12.7. The van der Waals surface area contributed by atoms with Crippen LogP contribution in [0.4, 0.5) is 0 Å². The largest absolute Gasteiger partial charge is 0.512 e. The molecule has 0 saturated carbocycles. The number of nitrogens with zero attached hydrogens (tertiary/aromatic N) is 2. The molecule has 2 aromatic heterocycles. The van der Waals surface area contributed by atoms with Gasteiger partial charge in [-0.05, 0) is 34.9 Å². The maximum atomic E-state index is 13.1. The van der Waals surface area contributed by atoms with Crippen LogP contribution >= 0.6 is 0 Å². The smallest absolute Gasteiger partial charge is 0.252 e. The second-order valence-corrected chi connectivity index (χ2v) is 9.31. The van der Waals surface area contributed by atoms with Gasteiger partial charge >= 0.3 is 0 Å². The lowest BCUT2D eigenvalue weighted by Crippen LogP contribution is -2.31. The minimum absolute atomic E-state index is 0.0319. The van der Waals surface area contributed by atoms with E-state index in [9.17, 15) is 14.7 Å². The van der Waals surface area contributed by atoms with Crippen molar-refractivity contribution >= 4 is 16.8 Å². The minimum Gasteiger partial charge on any atom is -0.512 e. The first kappa shape index (κ1) is 25.6. The summed E-state index contributed by atoms with van der Waals surface area (Å²) >= 11 is 0. The predicted molar refractivity (Wildman–Crippen MR) is 152 cm³/mol.